The molecule has 0 amide bonds. The Morgan fingerprint density at radius 2 is 1.44 bits per heavy atom. The number of rotatable bonds is 4. The highest BCUT2D eigenvalue weighted by molar-refractivity contribution is 6.49. The fourth-order valence-corrected chi connectivity index (χ4v) is 1.91. The Morgan fingerprint density at radius 3 is 1.81 bits per heavy atom. The lowest BCUT2D eigenvalue weighted by Crippen LogP contribution is -2.41. The van der Waals surface area contributed by atoms with E-state index < -0.39 is 0 Å². The predicted octanol–water partition coefficient (Wildman–Crippen LogP) is 4.05. The Kier molecular flexibility index (Phi) is 3.81. The molecule has 1 heterocycles. The SMILES string of the molecule is CCCCC(C)(C)B1OC(C)(C)C(C)(C)O1. The molecule has 1 saturated heterocycles. The Morgan fingerprint density at radius 1 is 1.00 bits per heavy atom. The molecular weight excluding hydrogens is 199 g/mol. The second-order valence-electron chi connectivity index (χ2n) is 6.68. The van der Waals surface area contributed by atoms with Crippen LogP contribution in [-0.4, -0.2) is 18.3 Å². The average Bonchev–Trinajstić information content (AvgIpc) is 2.34. The first kappa shape index (κ1) is 14.0. The van der Waals surface area contributed by atoms with Gasteiger partial charge in [0.15, 0.2) is 0 Å². The number of hydrogen-bond donors (Lipinski definition) is 0. The Hall–Kier alpha value is -0.0151. The summed E-state index contributed by atoms with van der Waals surface area (Å²) in [6, 6.07) is 0. The molecule has 0 aliphatic carbocycles. The smallest absolute Gasteiger partial charge is 0.403 e. The topological polar surface area (TPSA) is 18.5 Å². The van der Waals surface area contributed by atoms with Crippen molar-refractivity contribution in [1.82, 2.24) is 0 Å². The zero-order chi connectivity index (χ0) is 12.6. The minimum absolute atomic E-state index is 0.0796. The molecule has 0 atom stereocenters. The summed E-state index contributed by atoms with van der Waals surface area (Å²) in [7, 11) is -0.0796. The minimum Gasteiger partial charge on any atom is -0.403 e. The molecule has 1 fully saturated rings. The molecule has 1 rings (SSSR count). The Balaban J connectivity index is 2.71. The van der Waals surface area contributed by atoms with Crippen molar-refractivity contribution in [2.24, 2.45) is 0 Å². The summed E-state index contributed by atoms with van der Waals surface area (Å²) in [4.78, 5) is 0. The van der Waals surface area contributed by atoms with Crippen LogP contribution in [0.1, 0.15) is 67.7 Å². The van der Waals surface area contributed by atoms with Crippen LogP contribution in [0.15, 0.2) is 0 Å². The summed E-state index contributed by atoms with van der Waals surface area (Å²) < 4.78 is 12.2. The molecule has 0 bridgehead atoms. The van der Waals surface area contributed by atoms with Gasteiger partial charge in [0.25, 0.3) is 0 Å². The van der Waals surface area contributed by atoms with Gasteiger partial charge in [0, 0.05) is 0 Å². The van der Waals surface area contributed by atoms with Crippen LogP contribution in [0.5, 0.6) is 0 Å². The van der Waals surface area contributed by atoms with Crippen molar-refractivity contribution >= 4 is 7.12 Å². The van der Waals surface area contributed by atoms with Gasteiger partial charge in [0.05, 0.1) is 11.2 Å². The van der Waals surface area contributed by atoms with Crippen molar-refractivity contribution in [1.29, 1.82) is 0 Å². The molecule has 0 aromatic rings. The molecule has 0 N–H and O–H groups in total. The van der Waals surface area contributed by atoms with Gasteiger partial charge in [-0.3, -0.25) is 0 Å². The lowest BCUT2D eigenvalue weighted by molar-refractivity contribution is 0.00578. The first-order chi connectivity index (χ1) is 7.12. The minimum atomic E-state index is -0.207. The number of unbranched alkanes of at least 4 members (excludes halogenated alkanes) is 1. The van der Waals surface area contributed by atoms with Crippen molar-refractivity contribution in [2.45, 2.75) is 84.2 Å². The van der Waals surface area contributed by atoms with Gasteiger partial charge in [0.2, 0.25) is 0 Å². The first-order valence-electron chi connectivity index (χ1n) is 6.48. The molecule has 0 aromatic carbocycles. The summed E-state index contributed by atoms with van der Waals surface area (Å²) in [5.41, 5.74) is -0.414. The average molecular weight is 226 g/mol. The van der Waals surface area contributed by atoms with Gasteiger partial charge in [-0.05, 0) is 39.4 Å². The molecule has 0 spiro atoms. The van der Waals surface area contributed by atoms with Gasteiger partial charge in [0.1, 0.15) is 0 Å². The van der Waals surface area contributed by atoms with Crippen LogP contribution in [0.4, 0.5) is 0 Å². The van der Waals surface area contributed by atoms with E-state index in [0.717, 1.165) is 6.42 Å². The fourth-order valence-electron chi connectivity index (χ4n) is 1.91. The molecule has 1 aliphatic heterocycles. The monoisotopic (exact) mass is 226 g/mol. The van der Waals surface area contributed by atoms with Gasteiger partial charge < -0.3 is 9.31 Å². The quantitative estimate of drug-likeness (QED) is 0.673. The van der Waals surface area contributed by atoms with Crippen LogP contribution in [0, 0.1) is 0 Å². The van der Waals surface area contributed by atoms with Crippen LogP contribution in [0.3, 0.4) is 0 Å². The van der Waals surface area contributed by atoms with Gasteiger partial charge in [-0.25, -0.2) is 0 Å². The lowest BCUT2D eigenvalue weighted by Gasteiger charge is -2.32. The van der Waals surface area contributed by atoms with Gasteiger partial charge in [-0.15, -0.1) is 0 Å². The maximum Gasteiger partial charge on any atom is 0.463 e. The second-order valence-corrected chi connectivity index (χ2v) is 6.68. The van der Waals surface area contributed by atoms with Crippen LogP contribution < -0.4 is 0 Å². The maximum absolute atomic E-state index is 6.10. The van der Waals surface area contributed by atoms with E-state index in [1.807, 2.05) is 0 Å². The highest BCUT2D eigenvalue weighted by atomic mass is 16.7. The molecular formula is C13H27BO2. The zero-order valence-electron chi connectivity index (χ0n) is 12.0. The normalized spacial score (nSPS) is 23.8. The van der Waals surface area contributed by atoms with Crippen LogP contribution in [-0.2, 0) is 9.31 Å². The zero-order valence-corrected chi connectivity index (χ0v) is 12.0. The van der Waals surface area contributed by atoms with Crippen molar-refractivity contribution in [3.63, 3.8) is 0 Å². The molecule has 3 heteroatoms. The second kappa shape index (κ2) is 4.34. The molecule has 94 valence electrons. The van der Waals surface area contributed by atoms with Crippen molar-refractivity contribution < 1.29 is 9.31 Å². The predicted molar refractivity (Wildman–Crippen MR) is 69.6 cm³/mol. The first-order valence-corrected chi connectivity index (χ1v) is 6.48. The van der Waals surface area contributed by atoms with E-state index in [1.54, 1.807) is 0 Å². The van der Waals surface area contributed by atoms with E-state index >= 15 is 0 Å². The third-order valence-corrected chi connectivity index (χ3v) is 4.07. The standard InChI is InChI=1S/C13H27BO2/c1-8-9-10-11(2,3)14-15-12(4,5)13(6,7)16-14/h8-10H2,1-7H3. The molecule has 2 nitrogen and oxygen atoms in total. The van der Waals surface area contributed by atoms with Gasteiger partial charge in [-0.2, -0.15) is 0 Å². The molecule has 0 unspecified atom stereocenters. The van der Waals surface area contributed by atoms with Crippen molar-refractivity contribution in [3.8, 4) is 0 Å². The molecule has 0 saturated carbocycles. The van der Waals surface area contributed by atoms with Crippen molar-refractivity contribution in [3.05, 3.63) is 0 Å². The maximum atomic E-state index is 6.10. The highest BCUT2D eigenvalue weighted by Crippen LogP contribution is 2.46. The van der Waals surface area contributed by atoms with Gasteiger partial charge >= 0.3 is 7.12 Å². The molecule has 0 radical (unpaired) electrons. The summed E-state index contributed by atoms with van der Waals surface area (Å²) >= 11 is 0. The van der Waals surface area contributed by atoms with Gasteiger partial charge in [-0.1, -0.05) is 33.6 Å². The summed E-state index contributed by atoms with van der Waals surface area (Å²) in [6.07, 6.45) is 3.61. The van der Waals surface area contributed by atoms with Crippen molar-refractivity contribution in [2.75, 3.05) is 0 Å². The highest BCUT2D eigenvalue weighted by Gasteiger charge is 2.55. The fraction of sp³-hybridized carbons (Fsp3) is 1.00. The van der Waals surface area contributed by atoms with E-state index in [9.17, 15) is 0 Å². The van der Waals surface area contributed by atoms with E-state index in [4.69, 9.17) is 9.31 Å². The molecule has 16 heavy (non-hydrogen) atoms. The Labute approximate surface area is 101 Å². The third-order valence-electron chi connectivity index (χ3n) is 4.07. The summed E-state index contributed by atoms with van der Waals surface area (Å²) in [6.45, 7) is 15.2. The molecule has 1 aliphatic rings. The third kappa shape index (κ3) is 2.62. The van der Waals surface area contributed by atoms with E-state index in [0.29, 0.717) is 0 Å². The lowest BCUT2D eigenvalue weighted by atomic mass is 9.57. The van der Waals surface area contributed by atoms with Crippen LogP contribution >= 0.6 is 0 Å². The summed E-state index contributed by atoms with van der Waals surface area (Å²) in [5.74, 6) is 0. The largest absolute Gasteiger partial charge is 0.463 e. The van der Waals surface area contributed by atoms with E-state index in [1.165, 1.54) is 12.8 Å². The van der Waals surface area contributed by atoms with Crippen LogP contribution in [0.2, 0.25) is 5.31 Å². The number of hydrogen-bond acceptors (Lipinski definition) is 2. The van der Waals surface area contributed by atoms with E-state index in [2.05, 4.69) is 48.5 Å². The van der Waals surface area contributed by atoms with Crippen LogP contribution in [0.25, 0.3) is 0 Å². The summed E-state index contributed by atoms with van der Waals surface area (Å²) in [5, 5.41) is 0.0983. The Bertz CT molecular complexity index is 230. The molecule has 0 aromatic heterocycles. The van der Waals surface area contributed by atoms with E-state index in [-0.39, 0.29) is 23.6 Å².